The summed E-state index contributed by atoms with van der Waals surface area (Å²) < 4.78 is 5.78. The normalized spacial score (nSPS) is 15.1. The molecule has 120 valence electrons. The van der Waals surface area contributed by atoms with Gasteiger partial charge in [-0.2, -0.15) is 0 Å². The predicted octanol–water partition coefficient (Wildman–Crippen LogP) is 3.12. The Labute approximate surface area is 136 Å². The Bertz CT molecular complexity index is 640. The van der Waals surface area contributed by atoms with Gasteiger partial charge >= 0.3 is 0 Å². The summed E-state index contributed by atoms with van der Waals surface area (Å²) >= 11 is 0. The predicted molar refractivity (Wildman–Crippen MR) is 87.1 cm³/mol. The third-order valence-corrected chi connectivity index (χ3v) is 4.07. The molecule has 5 nitrogen and oxygen atoms in total. The highest BCUT2D eigenvalue weighted by Gasteiger charge is 2.20. The zero-order valence-electron chi connectivity index (χ0n) is 13.1. The lowest BCUT2D eigenvalue weighted by Crippen LogP contribution is -2.36. The van der Waals surface area contributed by atoms with Gasteiger partial charge in [0, 0.05) is 24.6 Å². The van der Waals surface area contributed by atoms with Crippen LogP contribution < -0.4 is 10.1 Å². The number of hydrogen-bond acceptors (Lipinski definition) is 4. The maximum atomic E-state index is 12.5. The topological polar surface area (TPSA) is 64.1 Å². The molecule has 1 aliphatic rings. The minimum atomic E-state index is -0.151. The van der Waals surface area contributed by atoms with Crippen LogP contribution in [0.5, 0.6) is 5.75 Å². The maximum Gasteiger partial charge on any atom is 0.273 e. The summed E-state index contributed by atoms with van der Waals surface area (Å²) in [5, 5.41) is 3.08. The molecule has 1 saturated carbocycles. The lowest BCUT2D eigenvalue weighted by Gasteiger charge is -2.22. The van der Waals surface area contributed by atoms with Crippen LogP contribution in [0.15, 0.2) is 42.9 Å². The number of ether oxygens (including phenoxy) is 1. The Morgan fingerprint density at radius 1 is 1.13 bits per heavy atom. The van der Waals surface area contributed by atoms with Crippen molar-refractivity contribution >= 4 is 5.91 Å². The van der Waals surface area contributed by atoms with Crippen LogP contribution in [-0.4, -0.2) is 21.9 Å². The molecule has 0 unspecified atom stereocenters. The van der Waals surface area contributed by atoms with Crippen molar-refractivity contribution in [2.75, 3.05) is 0 Å². The summed E-state index contributed by atoms with van der Waals surface area (Å²) in [6, 6.07) is 7.59. The first-order valence-corrected chi connectivity index (χ1v) is 8.10. The number of rotatable bonds is 5. The number of aromatic nitrogens is 2. The number of pyridine rings is 2. The fraction of sp³-hybridized carbons (Fsp3) is 0.389. The molecule has 0 aliphatic heterocycles. The minimum absolute atomic E-state index is 0.151. The van der Waals surface area contributed by atoms with Gasteiger partial charge in [-0.15, -0.1) is 0 Å². The van der Waals surface area contributed by atoms with Crippen molar-refractivity contribution < 1.29 is 9.53 Å². The standard InChI is InChI=1S/C18H21N3O2/c22-18(21-15-5-2-1-3-6-15)17-16(7-4-10-20-17)23-13-14-8-11-19-12-9-14/h4,7-12,15H,1-3,5-6,13H2,(H,21,22). The highest BCUT2D eigenvalue weighted by molar-refractivity contribution is 5.95. The second-order valence-corrected chi connectivity index (χ2v) is 5.80. The van der Waals surface area contributed by atoms with Gasteiger partial charge < -0.3 is 10.1 Å². The Balaban J connectivity index is 1.65. The van der Waals surface area contributed by atoms with E-state index in [0.717, 1.165) is 18.4 Å². The molecule has 5 heteroatoms. The number of nitrogens with zero attached hydrogens (tertiary/aromatic N) is 2. The molecule has 0 aromatic carbocycles. The van der Waals surface area contributed by atoms with Gasteiger partial charge in [0.1, 0.15) is 6.61 Å². The zero-order chi connectivity index (χ0) is 15.9. The smallest absolute Gasteiger partial charge is 0.273 e. The molecule has 1 fully saturated rings. The van der Waals surface area contributed by atoms with Crippen LogP contribution in [0.25, 0.3) is 0 Å². The molecule has 2 heterocycles. The maximum absolute atomic E-state index is 12.5. The fourth-order valence-corrected chi connectivity index (χ4v) is 2.82. The molecule has 1 amide bonds. The van der Waals surface area contributed by atoms with Crippen molar-refractivity contribution in [1.29, 1.82) is 0 Å². The molecular formula is C18H21N3O2. The molecule has 2 aromatic rings. The van der Waals surface area contributed by atoms with Crippen LogP contribution in [0.1, 0.15) is 48.2 Å². The van der Waals surface area contributed by atoms with Gasteiger partial charge in [-0.25, -0.2) is 4.98 Å². The van der Waals surface area contributed by atoms with Gasteiger partial charge in [-0.1, -0.05) is 19.3 Å². The van der Waals surface area contributed by atoms with E-state index in [2.05, 4.69) is 15.3 Å². The SMILES string of the molecule is O=C(NC1CCCCC1)c1ncccc1OCc1ccncc1. The minimum Gasteiger partial charge on any atom is -0.486 e. The Kier molecular flexibility index (Phi) is 5.19. The van der Waals surface area contributed by atoms with Gasteiger partial charge in [0.25, 0.3) is 5.91 Å². The van der Waals surface area contributed by atoms with E-state index in [0.29, 0.717) is 18.1 Å². The number of carbonyl (C=O) groups excluding carboxylic acids is 1. The van der Waals surface area contributed by atoms with E-state index < -0.39 is 0 Å². The van der Waals surface area contributed by atoms with Crippen LogP contribution in [0.2, 0.25) is 0 Å². The average Bonchev–Trinajstić information content (AvgIpc) is 2.62. The van der Waals surface area contributed by atoms with Crippen LogP contribution in [0, 0.1) is 0 Å². The monoisotopic (exact) mass is 311 g/mol. The Morgan fingerprint density at radius 2 is 1.91 bits per heavy atom. The number of amides is 1. The summed E-state index contributed by atoms with van der Waals surface area (Å²) in [7, 11) is 0. The number of hydrogen-bond donors (Lipinski definition) is 1. The second-order valence-electron chi connectivity index (χ2n) is 5.80. The molecule has 0 spiro atoms. The first kappa shape index (κ1) is 15.5. The third kappa shape index (κ3) is 4.28. The van der Waals surface area contributed by atoms with Gasteiger partial charge in [0.05, 0.1) is 0 Å². The quantitative estimate of drug-likeness (QED) is 0.921. The first-order valence-electron chi connectivity index (χ1n) is 8.10. The fourth-order valence-electron chi connectivity index (χ4n) is 2.82. The molecule has 23 heavy (non-hydrogen) atoms. The van der Waals surface area contributed by atoms with Crippen LogP contribution >= 0.6 is 0 Å². The van der Waals surface area contributed by atoms with Crippen molar-refractivity contribution in [3.05, 3.63) is 54.1 Å². The van der Waals surface area contributed by atoms with E-state index in [-0.39, 0.29) is 11.9 Å². The van der Waals surface area contributed by atoms with E-state index in [9.17, 15) is 4.79 Å². The summed E-state index contributed by atoms with van der Waals surface area (Å²) in [6.07, 6.45) is 10.8. The largest absolute Gasteiger partial charge is 0.486 e. The molecule has 2 aromatic heterocycles. The van der Waals surface area contributed by atoms with Gasteiger partial charge in [-0.3, -0.25) is 9.78 Å². The molecule has 0 saturated heterocycles. The third-order valence-electron chi connectivity index (χ3n) is 4.07. The molecule has 0 atom stereocenters. The van der Waals surface area contributed by atoms with Crippen LogP contribution in [-0.2, 0) is 6.61 Å². The highest BCUT2D eigenvalue weighted by Crippen LogP contribution is 2.20. The average molecular weight is 311 g/mol. The molecular weight excluding hydrogens is 290 g/mol. The van der Waals surface area contributed by atoms with E-state index >= 15 is 0 Å². The van der Waals surface area contributed by atoms with Crippen molar-refractivity contribution in [3.8, 4) is 5.75 Å². The Hall–Kier alpha value is -2.43. The van der Waals surface area contributed by atoms with Crippen molar-refractivity contribution in [2.45, 2.75) is 44.8 Å². The van der Waals surface area contributed by atoms with Crippen LogP contribution in [0.3, 0.4) is 0 Å². The van der Waals surface area contributed by atoms with Gasteiger partial charge in [0.2, 0.25) is 0 Å². The van der Waals surface area contributed by atoms with E-state index in [4.69, 9.17) is 4.74 Å². The lowest BCUT2D eigenvalue weighted by atomic mass is 9.95. The molecule has 1 aliphatic carbocycles. The number of carbonyl (C=O) groups is 1. The van der Waals surface area contributed by atoms with Gasteiger partial charge in [-0.05, 0) is 42.7 Å². The van der Waals surface area contributed by atoms with E-state index in [1.807, 2.05) is 12.1 Å². The first-order chi connectivity index (χ1) is 11.3. The molecule has 0 bridgehead atoms. The van der Waals surface area contributed by atoms with Crippen molar-refractivity contribution in [3.63, 3.8) is 0 Å². The summed E-state index contributed by atoms with van der Waals surface area (Å²) in [5.41, 5.74) is 1.36. The van der Waals surface area contributed by atoms with Crippen molar-refractivity contribution in [1.82, 2.24) is 15.3 Å². The number of nitrogens with one attached hydrogen (secondary N) is 1. The molecule has 3 rings (SSSR count). The summed E-state index contributed by atoms with van der Waals surface area (Å²) in [6.45, 7) is 0.387. The van der Waals surface area contributed by atoms with E-state index in [1.54, 1.807) is 30.7 Å². The Morgan fingerprint density at radius 3 is 2.70 bits per heavy atom. The second kappa shape index (κ2) is 7.72. The lowest BCUT2D eigenvalue weighted by molar-refractivity contribution is 0.0917. The van der Waals surface area contributed by atoms with Crippen molar-refractivity contribution in [2.24, 2.45) is 0 Å². The summed E-state index contributed by atoms with van der Waals surface area (Å²) in [5.74, 6) is 0.361. The molecule has 0 radical (unpaired) electrons. The van der Waals surface area contributed by atoms with Gasteiger partial charge in [0.15, 0.2) is 11.4 Å². The zero-order valence-corrected chi connectivity index (χ0v) is 13.1. The highest BCUT2D eigenvalue weighted by atomic mass is 16.5. The van der Waals surface area contributed by atoms with Crippen LogP contribution in [0.4, 0.5) is 0 Å². The molecule has 1 N–H and O–H groups in total. The van der Waals surface area contributed by atoms with E-state index in [1.165, 1.54) is 19.3 Å². The summed E-state index contributed by atoms with van der Waals surface area (Å²) in [4.78, 5) is 20.7.